The summed E-state index contributed by atoms with van der Waals surface area (Å²) in [5.74, 6) is -0.802. The van der Waals surface area contributed by atoms with Crippen LogP contribution < -0.4 is 11.2 Å². The van der Waals surface area contributed by atoms with Crippen molar-refractivity contribution in [2.24, 2.45) is 5.92 Å². The number of aromatic nitrogens is 4. The third-order valence-corrected chi connectivity index (χ3v) is 6.32. The van der Waals surface area contributed by atoms with E-state index >= 15 is 0 Å². The van der Waals surface area contributed by atoms with Gasteiger partial charge in [-0.1, -0.05) is 11.6 Å². The Morgan fingerprint density at radius 1 is 1.14 bits per heavy atom. The highest BCUT2D eigenvalue weighted by Gasteiger charge is 2.30. The van der Waals surface area contributed by atoms with E-state index in [2.05, 4.69) is 9.97 Å². The van der Waals surface area contributed by atoms with Gasteiger partial charge in [0, 0.05) is 36.4 Å². The first kappa shape index (κ1) is 24.6. The number of aryl methyl sites for hydroxylation is 1. The molecule has 1 amide bonds. The van der Waals surface area contributed by atoms with Gasteiger partial charge in [0.2, 0.25) is 5.91 Å². The van der Waals surface area contributed by atoms with Gasteiger partial charge in [-0.05, 0) is 51.0 Å². The Morgan fingerprint density at radius 3 is 2.57 bits per heavy atom. The predicted octanol–water partition coefficient (Wildman–Crippen LogP) is 2.10. The number of rotatable bonds is 6. The van der Waals surface area contributed by atoms with Crippen LogP contribution in [0.5, 0.6) is 0 Å². The van der Waals surface area contributed by atoms with E-state index < -0.39 is 29.6 Å². The summed E-state index contributed by atoms with van der Waals surface area (Å²) >= 11 is 5.95. The monoisotopic (exact) mass is 499 g/mol. The van der Waals surface area contributed by atoms with Crippen LogP contribution in [0.2, 0.25) is 5.02 Å². The number of ether oxygens (including phenoxy) is 1. The largest absolute Gasteiger partial charge is 0.466 e. The van der Waals surface area contributed by atoms with Crippen LogP contribution in [0.4, 0.5) is 0 Å². The molecule has 184 valence electrons. The molecule has 1 atom stereocenters. The van der Waals surface area contributed by atoms with Crippen LogP contribution >= 0.6 is 11.6 Å². The molecular formula is C24H26ClN5O5. The highest BCUT2D eigenvalue weighted by Crippen LogP contribution is 2.20. The standard InChI is InChI=1S/C24H26ClN5O5/c1-3-29-21-18(12-26-20(27-21)15-7-9-17(25)10-8-15)22(32)30(24(29)34)14-19(31)28-11-5-6-16(13-28)23(33)35-4-2/h7-10,12,16H,3-6,11,13-14H2,1-2H3/t16-/m1/s1. The number of likely N-dealkylation sites (tertiary alicyclic amines) is 1. The number of hydrogen-bond donors (Lipinski definition) is 0. The zero-order valence-electron chi connectivity index (χ0n) is 19.6. The van der Waals surface area contributed by atoms with Crippen molar-refractivity contribution in [3.05, 3.63) is 56.3 Å². The number of hydrogen-bond acceptors (Lipinski definition) is 7. The molecule has 1 fully saturated rings. The van der Waals surface area contributed by atoms with Gasteiger partial charge >= 0.3 is 11.7 Å². The molecule has 0 saturated carbocycles. The summed E-state index contributed by atoms with van der Waals surface area (Å²) in [7, 11) is 0. The molecule has 11 heteroatoms. The molecule has 0 bridgehead atoms. The first-order chi connectivity index (χ1) is 16.8. The lowest BCUT2D eigenvalue weighted by Gasteiger charge is -2.31. The molecule has 10 nitrogen and oxygen atoms in total. The topological polar surface area (TPSA) is 116 Å². The second kappa shape index (κ2) is 10.4. The summed E-state index contributed by atoms with van der Waals surface area (Å²) in [5, 5.41) is 0.704. The van der Waals surface area contributed by atoms with Gasteiger partial charge in [0.1, 0.15) is 11.9 Å². The van der Waals surface area contributed by atoms with Crippen LogP contribution in [0.15, 0.2) is 40.1 Å². The summed E-state index contributed by atoms with van der Waals surface area (Å²) in [4.78, 5) is 61.8. The molecule has 35 heavy (non-hydrogen) atoms. The Kier molecular flexibility index (Phi) is 7.30. The van der Waals surface area contributed by atoms with Gasteiger partial charge in [0.15, 0.2) is 11.5 Å². The Labute approximate surface area is 206 Å². The second-order valence-electron chi connectivity index (χ2n) is 8.29. The van der Waals surface area contributed by atoms with E-state index in [1.54, 1.807) is 38.1 Å². The van der Waals surface area contributed by atoms with E-state index in [-0.39, 0.29) is 36.7 Å². The number of carbonyl (C=O) groups excluding carboxylic acids is 2. The van der Waals surface area contributed by atoms with E-state index in [1.165, 1.54) is 15.7 Å². The first-order valence-corrected chi connectivity index (χ1v) is 11.9. The molecule has 1 saturated heterocycles. The van der Waals surface area contributed by atoms with Gasteiger partial charge in [-0.25, -0.2) is 14.8 Å². The zero-order chi connectivity index (χ0) is 25.1. The van der Waals surface area contributed by atoms with E-state index in [9.17, 15) is 19.2 Å². The first-order valence-electron chi connectivity index (χ1n) is 11.5. The summed E-state index contributed by atoms with van der Waals surface area (Å²) < 4.78 is 7.35. The Hall–Kier alpha value is -3.53. The fourth-order valence-electron chi connectivity index (χ4n) is 4.25. The SMILES string of the molecule is CCOC(=O)[C@@H]1CCCN(C(=O)Cn2c(=O)c3cnc(-c4ccc(Cl)cc4)nc3n(CC)c2=O)C1. The summed E-state index contributed by atoms with van der Waals surface area (Å²) in [6, 6.07) is 6.90. The number of amides is 1. The molecule has 4 rings (SSSR count). The molecule has 0 aliphatic carbocycles. The second-order valence-corrected chi connectivity index (χ2v) is 8.72. The Balaban J connectivity index is 1.67. The van der Waals surface area contributed by atoms with Crippen molar-refractivity contribution in [2.75, 3.05) is 19.7 Å². The minimum Gasteiger partial charge on any atom is -0.466 e. The maximum atomic E-state index is 13.2. The van der Waals surface area contributed by atoms with Crippen molar-refractivity contribution >= 4 is 34.5 Å². The number of nitrogens with zero attached hydrogens (tertiary/aromatic N) is 5. The van der Waals surface area contributed by atoms with E-state index in [4.69, 9.17) is 16.3 Å². The molecule has 3 aromatic rings. The maximum absolute atomic E-state index is 13.2. The number of esters is 1. The average Bonchev–Trinajstić information content (AvgIpc) is 2.87. The van der Waals surface area contributed by atoms with Gasteiger partial charge in [0.05, 0.1) is 12.5 Å². The molecular weight excluding hydrogens is 474 g/mol. The number of carbonyl (C=O) groups is 2. The van der Waals surface area contributed by atoms with Crippen LogP contribution in [-0.4, -0.2) is 55.6 Å². The summed E-state index contributed by atoms with van der Waals surface area (Å²) in [6.07, 6.45) is 2.65. The van der Waals surface area contributed by atoms with Gasteiger partial charge in [-0.2, -0.15) is 0 Å². The lowest BCUT2D eigenvalue weighted by molar-refractivity contribution is -0.151. The Morgan fingerprint density at radius 2 is 1.89 bits per heavy atom. The molecule has 1 aliphatic rings. The van der Waals surface area contributed by atoms with Crippen LogP contribution in [-0.2, 0) is 27.4 Å². The molecule has 1 aromatic carbocycles. The fourth-order valence-corrected chi connectivity index (χ4v) is 4.38. The smallest absolute Gasteiger partial charge is 0.333 e. The van der Waals surface area contributed by atoms with Crippen molar-refractivity contribution in [3.8, 4) is 11.4 Å². The van der Waals surface area contributed by atoms with Gasteiger partial charge in [-0.15, -0.1) is 0 Å². The third-order valence-electron chi connectivity index (χ3n) is 6.07. The quantitative estimate of drug-likeness (QED) is 0.477. The van der Waals surface area contributed by atoms with Crippen molar-refractivity contribution in [1.29, 1.82) is 0 Å². The average molecular weight is 500 g/mol. The summed E-state index contributed by atoms with van der Waals surface area (Å²) in [5.41, 5.74) is -0.374. The molecule has 0 N–H and O–H groups in total. The Bertz CT molecular complexity index is 1380. The predicted molar refractivity (Wildman–Crippen MR) is 130 cm³/mol. The zero-order valence-corrected chi connectivity index (χ0v) is 20.3. The molecule has 0 radical (unpaired) electrons. The highest BCUT2D eigenvalue weighted by molar-refractivity contribution is 6.30. The van der Waals surface area contributed by atoms with Crippen LogP contribution in [0, 0.1) is 5.92 Å². The molecule has 1 aliphatic heterocycles. The van der Waals surface area contributed by atoms with Crippen LogP contribution in [0.1, 0.15) is 26.7 Å². The molecule has 0 unspecified atom stereocenters. The fraction of sp³-hybridized carbons (Fsp3) is 0.417. The third kappa shape index (κ3) is 4.97. The minimum absolute atomic E-state index is 0.139. The van der Waals surface area contributed by atoms with E-state index in [0.29, 0.717) is 35.8 Å². The normalized spacial score (nSPS) is 15.9. The summed E-state index contributed by atoms with van der Waals surface area (Å²) in [6.45, 7) is 4.24. The van der Waals surface area contributed by atoms with E-state index in [1.807, 2.05) is 0 Å². The lowest BCUT2D eigenvalue weighted by Crippen LogP contribution is -2.48. The van der Waals surface area contributed by atoms with Crippen LogP contribution in [0.3, 0.4) is 0 Å². The van der Waals surface area contributed by atoms with Gasteiger partial charge < -0.3 is 9.64 Å². The van der Waals surface area contributed by atoms with Crippen molar-refractivity contribution in [2.45, 2.75) is 39.8 Å². The number of fused-ring (bicyclic) bond motifs is 1. The lowest BCUT2D eigenvalue weighted by atomic mass is 9.98. The molecule has 0 spiro atoms. The van der Waals surface area contributed by atoms with Crippen LogP contribution in [0.25, 0.3) is 22.4 Å². The minimum atomic E-state index is -0.635. The van der Waals surface area contributed by atoms with Crippen molar-refractivity contribution in [3.63, 3.8) is 0 Å². The van der Waals surface area contributed by atoms with Gasteiger partial charge in [-0.3, -0.25) is 23.5 Å². The van der Waals surface area contributed by atoms with Crippen molar-refractivity contribution < 1.29 is 14.3 Å². The maximum Gasteiger partial charge on any atom is 0.333 e. The van der Waals surface area contributed by atoms with Crippen molar-refractivity contribution in [1.82, 2.24) is 24.0 Å². The highest BCUT2D eigenvalue weighted by atomic mass is 35.5. The van der Waals surface area contributed by atoms with Gasteiger partial charge in [0.25, 0.3) is 5.56 Å². The number of benzene rings is 1. The number of halogens is 1. The molecule has 3 heterocycles. The van der Waals surface area contributed by atoms with E-state index in [0.717, 1.165) is 4.57 Å². The molecule has 2 aromatic heterocycles. The number of piperidine rings is 1.